The third-order valence-corrected chi connectivity index (χ3v) is 4.99. The topological polar surface area (TPSA) is 19.4 Å². The number of anilines is 1. The van der Waals surface area contributed by atoms with Gasteiger partial charge in [-0.2, -0.15) is 0 Å². The third-order valence-electron chi connectivity index (χ3n) is 3.92. The van der Waals surface area contributed by atoms with Crippen molar-refractivity contribution in [3.63, 3.8) is 0 Å². The first-order valence-electron chi connectivity index (χ1n) is 6.96. The Kier molecular flexibility index (Phi) is 3.46. The summed E-state index contributed by atoms with van der Waals surface area (Å²) in [5.74, 6) is 0.648. The molecule has 1 aliphatic heterocycles. The monoisotopic (exact) mass is 275 g/mol. The van der Waals surface area contributed by atoms with Crippen LogP contribution in [0.5, 0.6) is 0 Å². The highest BCUT2D eigenvalue weighted by Gasteiger charge is 2.29. The molecule has 0 spiro atoms. The summed E-state index contributed by atoms with van der Waals surface area (Å²) in [5, 5.41) is 1.19. The Balaban J connectivity index is 1.94. The minimum Gasteiger partial charge on any atom is -0.342 e. The van der Waals surface area contributed by atoms with Crippen LogP contribution in [0.2, 0.25) is 0 Å². The van der Waals surface area contributed by atoms with E-state index < -0.39 is 0 Å². The van der Waals surface area contributed by atoms with Gasteiger partial charge in [-0.1, -0.05) is 37.3 Å². The van der Waals surface area contributed by atoms with E-state index >= 15 is 0 Å². The Morgan fingerprint density at radius 1 is 1.26 bits per heavy atom. The summed E-state index contributed by atoms with van der Waals surface area (Å²) in [4.78, 5) is 9.75. The molecule has 0 aliphatic carbocycles. The molecule has 19 heavy (non-hydrogen) atoms. The van der Waals surface area contributed by atoms with Crippen LogP contribution in [0, 0.1) is 5.92 Å². The van der Waals surface area contributed by atoms with Gasteiger partial charge in [0.05, 0.1) is 10.2 Å². The predicted molar refractivity (Wildman–Crippen MR) is 83.1 cm³/mol. The summed E-state index contributed by atoms with van der Waals surface area (Å²) >= 11 is 1.82. The van der Waals surface area contributed by atoms with Crippen molar-refractivity contribution in [2.24, 2.45) is 5.92 Å². The molecular weight excluding hydrogens is 254 g/mol. The maximum absolute atomic E-state index is 4.82. The van der Waals surface area contributed by atoms with E-state index in [1.165, 1.54) is 9.83 Å². The SMILES string of the molecule is CC(C)C1CN(C)CCN1c1nc2ccccc2s1. The van der Waals surface area contributed by atoms with Crippen LogP contribution in [-0.2, 0) is 0 Å². The largest absolute Gasteiger partial charge is 0.342 e. The van der Waals surface area contributed by atoms with Gasteiger partial charge in [-0.05, 0) is 25.1 Å². The van der Waals surface area contributed by atoms with E-state index in [1.807, 2.05) is 11.3 Å². The normalized spacial score (nSPS) is 21.5. The molecule has 3 rings (SSSR count). The average molecular weight is 275 g/mol. The molecule has 102 valence electrons. The lowest BCUT2D eigenvalue weighted by atomic mass is 10.0. The van der Waals surface area contributed by atoms with Gasteiger partial charge in [0.15, 0.2) is 5.13 Å². The molecule has 4 heteroatoms. The summed E-state index contributed by atoms with van der Waals surface area (Å²) in [6, 6.07) is 9.00. The number of thiazole rings is 1. The van der Waals surface area contributed by atoms with Gasteiger partial charge >= 0.3 is 0 Å². The Hall–Kier alpha value is -1.13. The molecule has 1 atom stereocenters. The highest BCUT2D eigenvalue weighted by molar-refractivity contribution is 7.22. The van der Waals surface area contributed by atoms with Crippen LogP contribution in [0.15, 0.2) is 24.3 Å². The molecule has 2 heterocycles. The maximum Gasteiger partial charge on any atom is 0.186 e. The first-order chi connectivity index (χ1) is 9.15. The first-order valence-corrected chi connectivity index (χ1v) is 7.77. The average Bonchev–Trinajstić information content (AvgIpc) is 2.82. The second-order valence-electron chi connectivity index (χ2n) is 5.73. The van der Waals surface area contributed by atoms with Gasteiger partial charge in [0.25, 0.3) is 0 Å². The molecule has 0 radical (unpaired) electrons. The van der Waals surface area contributed by atoms with Crippen molar-refractivity contribution in [3.05, 3.63) is 24.3 Å². The summed E-state index contributed by atoms with van der Waals surface area (Å²) in [6.45, 7) is 7.96. The fourth-order valence-corrected chi connectivity index (χ4v) is 3.79. The maximum atomic E-state index is 4.82. The number of hydrogen-bond acceptors (Lipinski definition) is 4. The summed E-state index contributed by atoms with van der Waals surface area (Å²) < 4.78 is 1.29. The quantitative estimate of drug-likeness (QED) is 0.839. The molecule has 1 unspecified atom stereocenters. The van der Waals surface area contributed by atoms with E-state index in [0.29, 0.717) is 12.0 Å². The van der Waals surface area contributed by atoms with Crippen LogP contribution in [0.1, 0.15) is 13.8 Å². The molecule has 2 aromatic rings. The van der Waals surface area contributed by atoms with Crippen molar-refractivity contribution in [3.8, 4) is 0 Å². The Bertz CT molecular complexity index is 530. The van der Waals surface area contributed by atoms with E-state index in [0.717, 1.165) is 25.2 Å². The van der Waals surface area contributed by atoms with Gasteiger partial charge in [0, 0.05) is 25.7 Å². The first kappa shape index (κ1) is 12.9. The van der Waals surface area contributed by atoms with E-state index in [4.69, 9.17) is 4.98 Å². The number of hydrogen-bond donors (Lipinski definition) is 0. The van der Waals surface area contributed by atoms with Gasteiger partial charge in [0.2, 0.25) is 0 Å². The lowest BCUT2D eigenvalue weighted by molar-refractivity contribution is 0.237. The van der Waals surface area contributed by atoms with E-state index in [2.05, 4.69) is 55.0 Å². The number of para-hydroxylation sites is 1. The Labute approximate surface area is 118 Å². The molecule has 0 bridgehead atoms. The van der Waals surface area contributed by atoms with Crippen molar-refractivity contribution in [2.75, 3.05) is 31.6 Å². The third kappa shape index (κ3) is 2.47. The van der Waals surface area contributed by atoms with Gasteiger partial charge in [-0.3, -0.25) is 0 Å². The van der Waals surface area contributed by atoms with Gasteiger partial charge in [-0.25, -0.2) is 4.98 Å². The molecule has 1 aromatic carbocycles. The van der Waals surface area contributed by atoms with Crippen LogP contribution >= 0.6 is 11.3 Å². The molecular formula is C15H21N3S. The molecule has 1 aromatic heterocycles. The van der Waals surface area contributed by atoms with Crippen LogP contribution in [0.4, 0.5) is 5.13 Å². The van der Waals surface area contributed by atoms with Crippen molar-refractivity contribution in [1.82, 2.24) is 9.88 Å². The van der Waals surface area contributed by atoms with Crippen molar-refractivity contribution < 1.29 is 0 Å². The van der Waals surface area contributed by atoms with Crippen molar-refractivity contribution >= 4 is 26.7 Å². The minimum absolute atomic E-state index is 0.569. The smallest absolute Gasteiger partial charge is 0.186 e. The van der Waals surface area contributed by atoms with Crippen LogP contribution < -0.4 is 4.90 Å². The molecule has 1 fully saturated rings. The zero-order valence-electron chi connectivity index (χ0n) is 11.8. The van der Waals surface area contributed by atoms with E-state index in [1.54, 1.807) is 0 Å². The minimum atomic E-state index is 0.569. The molecule has 1 aliphatic rings. The molecule has 0 saturated carbocycles. The van der Waals surface area contributed by atoms with E-state index in [9.17, 15) is 0 Å². The van der Waals surface area contributed by atoms with Crippen LogP contribution in [0.3, 0.4) is 0 Å². The van der Waals surface area contributed by atoms with Crippen LogP contribution in [0.25, 0.3) is 10.2 Å². The second-order valence-corrected chi connectivity index (χ2v) is 6.74. The van der Waals surface area contributed by atoms with Crippen LogP contribution in [-0.4, -0.2) is 42.6 Å². The highest BCUT2D eigenvalue weighted by atomic mass is 32.1. The number of nitrogens with zero attached hydrogens (tertiary/aromatic N) is 3. The number of aromatic nitrogens is 1. The zero-order chi connectivity index (χ0) is 13.4. The van der Waals surface area contributed by atoms with E-state index in [-0.39, 0.29) is 0 Å². The van der Waals surface area contributed by atoms with Crippen molar-refractivity contribution in [1.29, 1.82) is 0 Å². The number of fused-ring (bicyclic) bond motifs is 1. The number of piperazine rings is 1. The lowest BCUT2D eigenvalue weighted by Crippen LogP contribution is -2.54. The molecule has 3 nitrogen and oxygen atoms in total. The van der Waals surface area contributed by atoms with Gasteiger partial charge in [-0.15, -0.1) is 0 Å². The number of rotatable bonds is 2. The summed E-state index contributed by atoms with van der Waals surface area (Å²) in [5.41, 5.74) is 1.13. The van der Waals surface area contributed by atoms with Gasteiger partial charge in [0.1, 0.15) is 0 Å². The molecule has 1 saturated heterocycles. The van der Waals surface area contributed by atoms with Crippen molar-refractivity contribution in [2.45, 2.75) is 19.9 Å². The fourth-order valence-electron chi connectivity index (χ4n) is 2.74. The second kappa shape index (κ2) is 5.10. The Morgan fingerprint density at radius 2 is 2.05 bits per heavy atom. The van der Waals surface area contributed by atoms with Gasteiger partial charge < -0.3 is 9.80 Å². The number of benzene rings is 1. The Morgan fingerprint density at radius 3 is 2.79 bits per heavy atom. The number of likely N-dealkylation sites (N-methyl/N-ethyl adjacent to an activating group) is 1. The predicted octanol–water partition coefficient (Wildman–Crippen LogP) is 3.07. The standard InChI is InChI=1S/C15H21N3S/c1-11(2)13-10-17(3)8-9-18(13)15-16-12-6-4-5-7-14(12)19-15/h4-7,11,13H,8-10H2,1-3H3. The zero-order valence-corrected chi connectivity index (χ0v) is 12.7. The molecule has 0 N–H and O–H groups in total. The summed E-state index contributed by atoms with van der Waals surface area (Å²) in [6.07, 6.45) is 0. The lowest BCUT2D eigenvalue weighted by Gasteiger charge is -2.42. The molecule has 0 amide bonds. The highest BCUT2D eigenvalue weighted by Crippen LogP contribution is 2.32. The summed E-state index contributed by atoms with van der Waals surface area (Å²) in [7, 11) is 2.21. The fraction of sp³-hybridized carbons (Fsp3) is 0.533.